The molecule has 2 amide bonds. The van der Waals surface area contributed by atoms with Crippen molar-refractivity contribution in [2.45, 2.75) is 0 Å². The number of carbonyl (C=O) groups excluding carboxylic acids is 1. The van der Waals surface area contributed by atoms with Gasteiger partial charge >= 0.3 is 6.03 Å². The third-order valence-corrected chi connectivity index (χ3v) is 2.60. The quantitative estimate of drug-likeness (QED) is 0.835. The number of benzene rings is 1. The number of allylic oxidation sites excluding steroid dienone is 1. The van der Waals surface area contributed by atoms with Gasteiger partial charge in [0.05, 0.1) is 11.6 Å². The number of hydrogen-bond acceptors (Lipinski definition) is 3. The lowest BCUT2D eigenvalue weighted by Gasteiger charge is -2.03. The summed E-state index contributed by atoms with van der Waals surface area (Å²) in [5, 5.41) is 11.7. The van der Waals surface area contributed by atoms with Crippen LogP contribution in [0.15, 0.2) is 48.8 Å². The molecule has 0 fully saturated rings. The maximum absolute atomic E-state index is 10.7. The summed E-state index contributed by atoms with van der Waals surface area (Å²) >= 11 is 0. The van der Waals surface area contributed by atoms with E-state index in [1.54, 1.807) is 42.7 Å². The Bertz CT molecular complexity index is 669. The highest BCUT2D eigenvalue weighted by Crippen LogP contribution is 2.19. The van der Waals surface area contributed by atoms with Gasteiger partial charge in [0.1, 0.15) is 0 Å². The van der Waals surface area contributed by atoms with Crippen molar-refractivity contribution in [1.82, 2.24) is 4.98 Å². The lowest BCUT2D eigenvalue weighted by molar-refractivity contribution is 0.259. The van der Waals surface area contributed by atoms with Crippen molar-refractivity contribution in [3.8, 4) is 6.07 Å². The van der Waals surface area contributed by atoms with E-state index in [0.29, 0.717) is 11.3 Å². The fourth-order valence-electron chi connectivity index (χ4n) is 1.68. The molecule has 0 bridgehead atoms. The van der Waals surface area contributed by atoms with E-state index in [-0.39, 0.29) is 0 Å². The van der Waals surface area contributed by atoms with Gasteiger partial charge in [-0.05, 0) is 41.5 Å². The Morgan fingerprint density at radius 2 is 1.85 bits per heavy atom. The second-order valence-electron chi connectivity index (χ2n) is 4.02. The first kappa shape index (κ1) is 13.3. The second-order valence-corrected chi connectivity index (χ2v) is 4.02. The Morgan fingerprint density at radius 1 is 1.20 bits per heavy atom. The van der Waals surface area contributed by atoms with Crippen molar-refractivity contribution in [3.63, 3.8) is 0 Å². The van der Waals surface area contributed by atoms with E-state index in [9.17, 15) is 10.1 Å². The van der Waals surface area contributed by atoms with Gasteiger partial charge in [-0.3, -0.25) is 4.98 Å². The standard InChI is InChI=1S/C15H12N4O/c16-10-13(9-11-5-7-18-8-6-11)12-1-3-14(4-2-12)19-15(17)20/h1-9H,(H3,17,19,20). The fraction of sp³-hybridized carbons (Fsp3) is 0. The van der Waals surface area contributed by atoms with E-state index in [1.165, 1.54) is 0 Å². The molecule has 1 aromatic heterocycles. The molecule has 0 radical (unpaired) electrons. The average Bonchev–Trinajstić information content (AvgIpc) is 2.46. The third-order valence-electron chi connectivity index (χ3n) is 2.60. The summed E-state index contributed by atoms with van der Waals surface area (Å²) in [6.07, 6.45) is 5.11. The van der Waals surface area contributed by atoms with Crippen LogP contribution in [0.25, 0.3) is 11.6 Å². The van der Waals surface area contributed by atoms with Crippen molar-refractivity contribution >= 4 is 23.4 Å². The minimum atomic E-state index is -0.620. The van der Waals surface area contributed by atoms with Gasteiger partial charge in [-0.2, -0.15) is 5.26 Å². The van der Waals surface area contributed by atoms with Gasteiger partial charge in [-0.15, -0.1) is 0 Å². The molecule has 2 aromatic rings. The number of hydrogen-bond donors (Lipinski definition) is 2. The number of amides is 2. The van der Waals surface area contributed by atoms with Crippen LogP contribution in [0.5, 0.6) is 0 Å². The van der Waals surface area contributed by atoms with Crippen LogP contribution in [0.1, 0.15) is 11.1 Å². The van der Waals surface area contributed by atoms with Gasteiger partial charge in [0.25, 0.3) is 0 Å². The number of aromatic nitrogens is 1. The van der Waals surface area contributed by atoms with Crippen LogP contribution in [-0.4, -0.2) is 11.0 Å². The number of nitrogens with zero attached hydrogens (tertiary/aromatic N) is 2. The zero-order valence-electron chi connectivity index (χ0n) is 10.6. The van der Waals surface area contributed by atoms with Crippen LogP contribution in [0.2, 0.25) is 0 Å². The number of urea groups is 1. The van der Waals surface area contributed by atoms with E-state index >= 15 is 0 Å². The molecule has 0 aliphatic heterocycles. The molecule has 5 nitrogen and oxygen atoms in total. The molecule has 0 saturated carbocycles. The third kappa shape index (κ3) is 3.43. The summed E-state index contributed by atoms with van der Waals surface area (Å²) in [5.74, 6) is 0. The predicted molar refractivity (Wildman–Crippen MR) is 77.4 cm³/mol. The number of primary amides is 1. The van der Waals surface area contributed by atoms with Crippen molar-refractivity contribution in [1.29, 1.82) is 5.26 Å². The number of nitrogens with two attached hydrogens (primary N) is 1. The zero-order chi connectivity index (χ0) is 14.4. The zero-order valence-corrected chi connectivity index (χ0v) is 10.6. The number of rotatable bonds is 3. The molecule has 20 heavy (non-hydrogen) atoms. The maximum Gasteiger partial charge on any atom is 0.316 e. The summed E-state index contributed by atoms with van der Waals surface area (Å²) < 4.78 is 0. The monoisotopic (exact) mass is 264 g/mol. The second kappa shape index (κ2) is 6.16. The molecular formula is C15H12N4O. The Hall–Kier alpha value is -3.13. The Balaban J connectivity index is 2.27. The molecule has 0 saturated heterocycles. The average molecular weight is 264 g/mol. The smallest absolute Gasteiger partial charge is 0.316 e. The number of pyridine rings is 1. The van der Waals surface area contributed by atoms with Crippen LogP contribution < -0.4 is 11.1 Å². The molecular weight excluding hydrogens is 252 g/mol. The molecule has 0 spiro atoms. The summed E-state index contributed by atoms with van der Waals surface area (Å²) in [5.41, 5.74) is 7.81. The summed E-state index contributed by atoms with van der Waals surface area (Å²) in [4.78, 5) is 14.7. The Morgan fingerprint density at radius 3 is 2.40 bits per heavy atom. The highest BCUT2D eigenvalue weighted by molar-refractivity contribution is 5.91. The fourth-order valence-corrected chi connectivity index (χ4v) is 1.68. The number of nitrogens with one attached hydrogen (secondary N) is 1. The molecule has 0 atom stereocenters. The first-order valence-corrected chi connectivity index (χ1v) is 5.88. The van der Waals surface area contributed by atoms with E-state index in [0.717, 1.165) is 11.1 Å². The topological polar surface area (TPSA) is 91.8 Å². The summed E-state index contributed by atoms with van der Waals surface area (Å²) in [6.45, 7) is 0. The molecule has 1 heterocycles. The van der Waals surface area contributed by atoms with E-state index in [4.69, 9.17) is 5.73 Å². The molecule has 3 N–H and O–H groups in total. The SMILES string of the molecule is N#CC(=Cc1ccncc1)c1ccc(NC(N)=O)cc1. The first-order valence-electron chi connectivity index (χ1n) is 5.88. The predicted octanol–water partition coefficient (Wildman–Crippen LogP) is 2.64. The van der Waals surface area contributed by atoms with Gasteiger partial charge in [0.2, 0.25) is 0 Å². The molecule has 98 valence electrons. The highest BCUT2D eigenvalue weighted by Gasteiger charge is 2.02. The van der Waals surface area contributed by atoms with Gasteiger partial charge < -0.3 is 11.1 Å². The number of carbonyl (C=O) groups is 1. The summed E-state index contributed by atoms with van der Waals surface area (Å²) in [7, 11) is 0. The molecule has 2 rings (SSSR count). The van der Waals surface area contributed by atoms with Crippen molar-refractivity contribution < 1.29 is 4.79 Å². The van der Waals surface area contributed by atoms with E-state index in [2.05, 4.69) is 16.4 Å². The molecule has 1 aromatic carbocycles. The van der Waals surface area contributed by atoms with Gasteiger partial charge in [-0.25, -0.2) is 4.79 Å². The first-order chi connectivity index (χ1) is 9.69. The van der Waals surface area contributed by atoms with E-state index in [1.807, 2.05) is 12.1 Å². The van der Waals surface area contributed by atoms with Gasteiger partial charge in [0.15, 0.2) is 0 Å². The Labute approximate surface area is 116 Å². The maximum atomic E-state index is 10.7. The van der Waals surface area contributed by atoms with E-state index < -0.39 is 6.03 Å². The number of anilines is 1. The van der Waals surface area contributed by atoms with Crippen LogP contribution in [0, 0.1) is 11.3 Å². The molecule has 0 aliphatic rings. The van der Waals surface area contributed by atoms with Gasteiger partial charge in [0, 0.05) is 18.1 Å². The number of nitriles is 1. The van der Waals surface area contributed by atoms with Gasteiger partial charge in [-0.1, -0.05) is 12.1 Å². The minimum Gasteiger partial charge on any atom is -0.351 e. The summed E-state index contributed by atoms with van der Waals surface area (Å²) in [6, 6.07) is 12.1. The van der Waals surface area contributed by atoms with Crippen LogP contribution in [0.3, 0.4) is 0 Å². The lowest BCUT2D eigenvalue weighted by atomic mass is 10.0. The van der Waals surface area contributed by atoms with Crippen molar-refractivity contribution in [2.75, 3.05) is 5.32 Å². The highest BCUT2D eigenvalue weighted by atomic mass is 16.2. The molecule has 0 aliphatic carbocycles. The molecule has 5 heteroatoms. The lowest BCUT2D eigenvalue weighted by Crippen LogP contribution is -2.19. The normalized spacial score (nSPS) is 10.7. The van der Waals surface area contributed by atoms with Crippen LogP contribution in [0.4, 0.5) is 10.5 Å². The van der Waals surface area contributed by atoms with Crippen LogP contribution >= 0.6 is 0 Å². The Kier molecular flexibility index (Phi) is 4.10. The minimum absolute atomic E-state index is 0.529. The van der Waals surface area contributed by atoms with Crippen molar-refractivity contribution in [2.24, 2.45) is 5.73 Å². The largest absolute Gasteiger partial charge is 0.351 e. The molecule has 0 unspecified atom stereocenters. The van der Waals surface area contributed by atoms with Crippen LogP contribution in [-0.2, 0) is 0 Å². The van der Waals surface area contributed by atoms with Crippen molar-refractivity contribution in [3.05, 3.63) is 59.9 Å².